The maximum absolute atomic E-state index is 4.51. The Morgan fingerprint density at radius 2 is 2.00 bits per heavy atom. The summed E-state index contributed by atoms with van der Waals surface area (Å²) < 4.78 is 2.44. The van der Waals surface area contributed by atoms with Gasteiger partial charge in [-0.1, -0.05) is 39.5 Å². The molecule has 2 rings (SSSR count). The van der Waals surface area contributed by atoms with Crippen molar-refractivity contribution >= 4 is 0 Å². The van der Waals surface area contributed by atoms with Gasteiger partial charge in [0.15, 0.2) is 0 Å². The Bertz CT molecular complexity index is 357. The van der Waals surface area contributed by atoms with Crippen molar-refractivity contribution in [2.45, 2.75) is 77.3 Å². The van der Waals surface area contributed by atoms with Crippen molar-refractivity contribution in [3.05, 3.63) is 18.2 Å². The van der Waals surface area contributed by atoms with Gasteiger partial charge >= 0.3 is 0 Å². The third kappa shape index (κ3) is 3.82. The van der Waals surface area contributed by atoms with E-state index in [-0.39, 0.29) is 0 Å². The molecule has 3 nitrogen and oxygen atoms in total. The lowest BCUT2D eigenvalue weighted by atomic mass is 9.91. The van der Waals surface area contributed by atoms with Crippen molar-refractivity contribution in [1.29, 1.82) is 0 Å². The van der Waals surface area contributed by atoms with Gasteiger partial charge in [0.2, 0.25) is 0 Å². The molecule has 2 unspecified atom stereocenters. The summed E-state index contributed by atoms with van der Waals surface area (Å²) >= 11 is 0. The van der Waals surface area contributed by atoms with E-state index < -0.39 is 0 Å². The third-order valence-electron chi connectivity index (χ3n) is 4.31. The largest absolute Gasteiger partial charge is 0.330 e. The normalized spacial score (nSPS) is 24.9. The van der Waals surface area contributed by atoms with Crippen LogP contribution in [0.2, 0.25) is 0 Å². The first kappa shape index (κ1) is 14.6. The molecule has 0 aliphatic heterocycles. The molecule has 1 fully saturated rings. The summed E-state index contributed by atoms with van der Waals surface area (Å²) in [6.07, 6.45) is 14.5. The molecule has 0 radical (unpaired) electrons. The van der Waals surface area contributed by atoms with Crippen molar-refractivity contribution in [3.8, 4) is 0 Å². The summed E-state index contributed by atoms with van der Waals surface area (Å²) in [5.41, 5.74) is 0. The van der Waals surface area contributed by atoms with Crippen LogP contribution in [0, 0.1) is 0 Å². The highest BCUT2D eigenvalue weighted by Gasteiger charge is 2.24. The topological polar surface area (TPSA) is 29.9 Å². The molecule has 2 atom stereocenters. The highest BCUT2D eigenvalue weighted by molar-refractivity contribution is 4.98. The van der Waals surface area contributed by atoms with Gasteiger partial charge in [0.05, 0.1) is 6.04 Å². The van der Waals surface area contributed by atoms with Gasteiger partial charge in [0, 0.05) is 24.9 Å². The second-order valence-electron chi connectivity index (χ2n) is 5.72. The summed E-state index contributed by atoms with van der Waals surface area (Å²) in [6, 6.07) is 1.23. The molecule has 1 N–H and O–H groups in total. The Morgan fingerprint density at radius 1 is 1.21 bits per heavy atom. The van der Waals surface area contributed by atoms with Gasteiger partial charge in [0.1, 0.15) is 5.82 Å². The Hall–Kier alpha value is -0.830. The van der Waals surface area contributed by atoms with Crippen LogP contribution >= 0.6 is 0 Å². The van der Waals surface area contributed by atoms with Gasteiger partial charge < -0.3 is 9.88 Å². The molecule has 1 heterocycles. The maximum atomic E-state index is 4.51. The molecule has 1 saturated carbocycles. The van der Waals surface area contributed by atoms with Crippen LogP contribution in [0.25, 0.3) is 0 Å². The van der Waals surface area contributed by atoms with Gasteiger partial charge in [-0.2, -0.15) is 0 Å². The first-order valence-corrected chi connectivity index (χ1v) is 8.11. The molecule has 1 aliphatic rings. The molecule has 108 valence electrons. The zero-order valence-corrected chi connectivity index (χ0v) is 12.6. The van der Waals surface area contributed by atoms with Crippen LogP contribution in [0.5, 0.6) is 0 Å². The number of rotatable bonds is 5. The summed E-state index contributed by atoms with van der Waals surface area (Å²) in [6.45, 7) is 5.59. The second-order valence-corrected chi connectivity index (χ2v) is 5.72. The third-order valence-corrected chi connectivity index (χ3v) is 4.31. The molecular weight excluding hydrogens is 234 g/mol. The van der Waals surface area contributed by atoms with Crippen molar-refractivity contribution in [3.63, 3.8) is 0 Å². The first-order chi connectivity index (χ1) is 9.36. The van der Waals surface area contributed by atoms with E-state index in [1.54, 1.807) is 0 Å². The summed E-state index contributed by atoms with van der Waals surface area (Å²) in [5, 5.41) is 3.78. The fourth-order valence-corrected chi connectivity index (χ4v) is 3.29. The molecule has 0 aromatic carbocycles. The van der Waals surface area contributed by atoms with Crippen LogP contribution in [0.4, 0.5) is 0 Å². The number of aromatic nitrogens is 2. The highest BCUT2D eigenvalue weighted by Crippen LogP contribution is 2.28. The summed E-state index contributed by atoms with van der Waals surface area (Å²) in [4.78, 5) is 4.51. The lowest BCUT2D eigenvalue weighted by Crippen LogP contribution is -2.39. The first-order valence-electron chi connectivity index (χ1n) is 8.11. The van der Waals surface area contributed by atoms with Gasteiger partial charge in [0.25, 0.3) is 0 Å². The number of imidazole rings is 1. The van der Waals surface area contributed by atoms with E-state index in [0.717, 1.165) is 13.0 Å². The van der Waals surface area contributed by atoms with Gasteiger partial charge in [-0.3, -0.25) is 0 Å². The molecule has 1 aromatic rings. The Morgan fingerprint density at radius 3 is 2.74 bits per heavy atom. The predicted molar refractivity (Wildman–Crippen MR) is 80.4 cm³/mol. The minimum atomic E-state index is 0.601. The summed E-state index contributed by atoms with van der Waals surface area (Å²) in [7, 11) is 0. The number of hydrogen-bond donors (Lipinski definition) is 1. The van der Waals surface area contributed by atoms with Crippen LogP contribution in [0.1, 0.15) is 70.7 Å². The fraction of sp³-hybridized carbons (Fsp3) is 0.812. The SMILES string of the molecule is CCCNC1CCCCCCC1n1ccnc1CC. The van der Waals surface area contributed by atoms with Crippen LogP contribution in [-0.2, 0) is 6.42 Å². The number of nitrogens with one attached hydrogen (secondary N) is 1. The lowest BCUT2D eigenvalue weighted by Gasteiger charge is -2.32. The Labute approximate surface area is 117 Å². The highest BCUT2D eigenvalue weighted by atomic mass is 15.1. The van der Waals surface area contributed by atoms with Crippen LogP contribution in [0.3, 0.4) is 0 Å². The molecule has 1 aliphatic carbocycles. The van der Waals surface area contributed by atoms with E-state index in [4.69, 9.17) is 0 Å². The number of aryl methyl sites for hydroxylation is 1. The molecule has 0 bridgehead atoms. The van der Waals surface area contributed by atoms with Crippen molar-refractivity contribution in [1.82, 2.24) is 14.9 Å². The molecule has 3 heteroatoms. The smallest absolute Gasteiger partial charge is 0.108 e. The second kappa shape index (κ2) is 7.68. The minimum absolute atomic E-state index is 0.601. The van der Waals surface area contributed by atoms with E-state index in [1.165, 1.54) is 50.8 Å². The monoisotopic (exact) mass is 263 g/mol. The average Bonchev–Trinajstić information content (AvgIpc) is 2.86. The van der Waals surface area contributed by atoms with Crippen molar-refractivity contribution in [2.75, 3.05) is 6.54 Å². The fourth-order valence-electron chi connectivity index (χ4n) is 3.29. The van der Waals surface area contributed by atoms with E-state index in [9.17, 15) is 0 Å². The van der Waals surface area contributed by atoms with E-state index in [2.05, 4.69) is 34.9 Å². The van der Waals surface area contributed by atoms with E-state index in [0.29, 0.717) is 12.1 Å². The van der Waals surface area contributed by atoms with Gasteiger partial charge in [-0.15, -0.1) is 0 Å². The number of hydrogen-bond acceptors (Lipinski definition) is 2. The van der Waals surface area contributed by atoms with Crippen molar-refractivity contribution < 1.29 is 0 Å². The molecule has 0 amide bonds. The maximum Gasteiger partial charge on any atom is 0.108 e. The quantitative estimate of drug-likeness (QED) is 0.877. The molecule has 19 heavy (non-hydrogen) atoms. The standard InChI is InChI=1S/C16H29N3/c1-3-11-17-14-9-7-5-6-8-10-15(14)19-13-12-18-16(19)4-2/h12-15,17H,3-11H2,1-2H3. The average molecular weight is 263 g/mol. The number of nitrogens with zero attached hydrogens (tertiary/aromatic N) is 2. The van der Waals surface area contributed by atoms with E-state index >= 15 is 0 Å². The lowest BCUT2D eigenvalue weighted by molar-refractivity contribution is 0.279. The zero-order valence-electron chi connectivity index (χ0n) is 12.6. The van der Waals surface area contributed by atoms with Crippen LogP contribution < -0.4 is 5.32 Å². The van der Waals surface area contributed by atoms with Crippen LogP contribution in [-0.4, -0.2) is 22.1 Å². The predicted octanol–water partition coefficient (Wildman–Crippen LogP) is 3.71. The Balaban J connectivity index is 2.14. The Kier molecular flexibility index (Phi) is 5.90. The molecular formula is C16H29N3. The molecule has 0 spiro atoms. The zero-order chi connectivity index (χ0) is 13.5. The van der Waals surface area contributed by atoms with Gasteiger partial charge in [-0.25, -0.2) is 4.98 Å². The summed E-state index contributed by atoms with van der Waals surface area (Å²) in [5.74, 6) is 1.24. The minimum Gasteiger partial charge on any atom is -0.330 e. The molecule has 1 aromatic heterocycles. The van der Waals surface area contributed by atoms with Gasteiger partial charge in [-0.05, 0) is 25.8 Å². The van der Waals surface area contributed by atoms with Crippen molar-refractivity contribution in [2.24, 2.45) is 0 Å². The van der Waals surface area contributed by atoms with E-state index in [1.807, 2.05) is 6.20 Å². The van der Waals surface area contributed by atoms with Crippen LogP contribution in [0.15, 0.2) is 12.4 Å². The molecule has 0 saturated heterocycles.